The van der Waals surface area contributed by atoms with E-state index < -0.39 is 17.6 Å². The molecule has 2 heterocycles. The Bertz CT molecular complexity index is 587. The Labute approximate surface area is 106 Å². The van der Waals surface area contributed by atoms with E-state index in [2.05, 4.69) is 10.1 Å². The third-order valence-corrected chi connectivity index (χ3v) is 2.55. The fourth-order valence-corrected chi connectivity index (χ4v) is 1.53. The quantitative estimate of drug-likeness (QED) is 0.781. The molecule has 19 heavy (non-hydrogen) atoms. The number of rotatable bonds is 2. The van der Waals surface area contributed by atoms with Crippen molar-refractivity contribution >= 4 is 0 Å². The summed E-state index contributed by atoms with van der Waals surface area (Å²) in [7, 11) is 0. The van der Waals surface area contributed by atoms with E-state index >= 15 is 0 Å². The van der Waals surface area contributed by atoms with E-state index in [4.69, 9.17) is 0 Å². The lowest BCUT2D eigenvalue weighted by Crippen LogP contribution is -2.07. The minimum absolute atomic E-state index is 0.0752. The molecule has 0 aromatic carbocycles. The van der Waals surface area contributed by atoms with E-state index in [0.717, 1.165) is 0 Å². The molecule has 0 spiro atoms. The Hall–Kier alpha value is -1.92. The molecule has 7 heteroatoms. The molecule has 0 fully saturated rings. The molecule has 0 aliphatic heterocycles. The van der Waals surface area contributed by atoms with Crippen LogP contribution >= 0.6 is 0 Å². The molecule has 0 radical (unpaired) electrons. The summed E-state index contributed by atoms with van der Waals surface area (Å²) in [6, 6.07) is 2.02. The maximum atomic E-state index is 13.7. The lowest BCUT2D eigenvalue weighted by atomic mass is 10.2. The monoisotopic (exact) mass is 273 g/mol. The molecule has 0 aliphatic carbocycles. The van der Waals surface area contributed by atoms with Crippen LogP contribution in [0.4, 0.5) is 17.6 Å². The van der Waals surface area contributed by atoms with Crippen molar-refractivity contribution in [3.8, 4) is 11.4 Å². The summed E-state index contributed by atoms with van der Waals surface area (Å²) in [5, 5.41) is 4.07. The number of nitrogens with zero attached hydrogens (tertiary/aromatic N) is 3. The van der Waals surface area contributed by atoms with Gasteiger partial charge in [0.25, 0.3) is 0 Å². The fourth-order valence-electron chi connectivity index (χ4n) is 1.53. The molecule has 2 aromatic heterocycles. The first-order valence-electron chi connectivity index (χ1n) is 5.57. The third-order valence-electron chi connectivity index (χ3n) is 2.55. The summed E-state index contributed by atoms with van der Waals surface area (Å²) in [5.74, 6) is -1.04. The minimum Gasteiger partial charge on any atom is -0.270 e. The molecule has 2 aromatic rings. The molecule has 0 amide bonds. The Morgan fingerprint density at radius 2 is 1.95 bits per heavy atom. The Morgan fingerprint density at radius 1 is 1.26 bits per heavy atom. The first-order chi connectivity index (χ1) is 8.79. The zero-order valence-corrected chi connectivity index (χ0v) is 10.2. The third kappa shape index (κ3) is 2.74. The standard InChI is InChI=1S/C12H11F4N3/c1-7(2)19-4-3-10(18-19)11-9(13)5-8(6-17-11)12(14,15)16/h3-7H,1-2H3. The maximum absolute atomic E-state index is 13.7. The highest BCUT2D eigenvalue weighted by atomic mass is 19.4. The predicted octanol–water partition coefficient (Wildman–Crippen LogP) is 3.68. The van der Waals surface area contributed by atoms with Crippen molar-refractivity contribution in [1.29, 1.82) is 0 Å². The SMILES string of the molecule is CC(C)n1ccc(-c2ncc(C(F)(F)F)cc2F)n1. The van der Waals surface area contributed by atoms with Crippen LogP contribution in [-0.4, -0.2) is 14.8 Å². The van der Waals surface area contributed by atoms with Gasteiger partial charge in [0, 0.05) is 18.4 Å². The van der Waals surface area contributed by atoms with E-state index in [9.17, 15) is 17.6 Å². The summed E-state index contributed by atoms with van der Waals surface area (Å²) in [6.45, 7) is 3.76. The van der Waals surface area contributed by atoms with Gasteiger partial charge in [0.05, 0.1) is 5.56 Å². The summed E-state index contributed by atoms with van der Waals surface area (Å²) in [5.41, 5.74) is -1.09. The second kappa shape index (κ2) is 4.64. The van der Waals surface area contributed by atoms with Crippen LogP contribution in [0.15, 0.2) is 24.5 Å². The van der Waals surface area contributed by atoms with Gasteiger partial charge >= 0.3 is 6.18 Å². The van der Waals surface area contributed by atoms with Gasteiger partial charge in [-0.2, -0.15) is 18.3 Å². The molecule has 2 rings (SSSR count). The predicted molar refractivity (Wildman–Crippen MR) is 60.8 cm³/mol. The number of hydrogen-bond acceptors (Lipinski definition) is 2. The number of alkyl halides is 3. The highest BCUT2D eigenvalue weighted by molar-refractivity contribution is 5.54. The second-order valence-electron chi connectivity index (χ2n) is 4.33. The Kier molecular flexibility index (Phi) is 3.30. The van der Waals surface area contributed by atoms with Gasteiger partial charge in [-0.15, -0.1) is 0 Å². The molecule has 0 saturated carbocycles. The zero-order chi connectivity index (χ0) is 14.2. The highest BCUT2D eigenvalue weighted by Gasteiger charge is 2.32. The smallest absolute Gasteiger partial charge is 0.270 e. The van der Waals surface area contributed by atoms with Crippen molar-refractivity contribution < 1.29 is 17.6 Å². The lowest BCUT2D eigenvalue weighted by Gasteiger charge is -2.07. The average molecular weight is 273 g/mol. The Balaban J connectivity index is 2.40. The zero-order valence-electron chi connectivity index (χ0n) is 10.2. The van der Waals surface area contributed by atoms with Crippen LogP contribution in [0.3, 0.4) is 0 Å². The fraction of sp³-hybridized carbons (Fsp3) is 0.333. The van der Waals surface area contributed by atoms with Crippen LogP contribution in [-0.2, 0) is 6.18 Å². The van der Waals surface area contributed by atoms with Crippen molar-refractivity contribution in [2.45, 2.75) is 26.1 Å². The van der Waals surface area contributed by atoms with Crippen molar-refractivity contribution in [2.24, 2.45) is 0 Å². The van der Waals surface area contributed by atoms with Crippen LogP contribution in [0.5, 0.6) is 0 Å². The number of pyridine rings is 1. The van der Waals surface area contributed by atoms with Gasteiger partial charge in [0.1, 0.15) is 11.4 Å². The van der Waals surface area contributed by atoms with E-state index in [0.29, 0.717) is 12.3 Å². The van der Waals surface area contributed by atoms with Crippen LogP contribution in [0.1, 0.15) is 25.5 Å². The lowest BCUT2D eigenvalue weighted by molar-refractivity contribution is -0.138. The molecule has 3 nitrogen and oxygen atoms in total. The molecule has 0 bridgehead atoms. The number of halogens is 4. The van der Waals surface area contributed by atoms with Crippen molar-refractivity contribution in [1.82, 2.24) is 14.8 Å². The summed E-state index contributed by atoms with van der Waals surface area (Å²) in [4.78, 5) is 3.52. The molecule has 0 saturated heterocycles. The van der Waals surface area contributed by atoms with Gasteiger partial charge in [-0.25, -0.2) is 4.39 Å². The first kappa shape index (κ1) is 13.5. The molecule has 102 valence electrons. The van der Waals surface area contributed by atoms with Crippen LogP contribution in [0, 0.1) is 5.82 Å². The summed E-state index contributed by atoms with van der Waals surface area (Å²) < 4.78 is 52.4. The van der Waals surface area contributed by atoms with Crippen molar-refractivity contribution in [3.05, 3.63) is 35.9 Å². The van der Waals surface area contributed by atoms with Crippen LogP contribution in [0.25, 0.3) is 11.4 Å². The topological polar surface area (TPSA) is 30.7 Å². The average Bonchev–Trinajstić information content (AvgIpc) is 2.76. The molecule has 0 N–H and O–H groups in total. The largest absolute Gasteiger partial charge is 0.417 e. The van der Waals surface area contributed by atoms with Crippen molar-refractivity contribution in [3.63, 3.8) is 0 Å². The van der Waals surface area contributed by atoms with Crippen LogP contribution < -0.4 is 0 Å². The molecule has 0 unspecified atom stereocenters. The van der Waals surface area contributed by atoms with E-state index in [1.807, 2.05) is 13.8 Å². The molecular weight excluding hydrogens is 262 g/mol. The van der Waals surface area contributed by atoms with E-state index in [-0.39, 0.29) is 17.4 Å². The first-order valence-corrected chi connectivity index (χ1v) is 5.57. The van der Waals surface area contributed by atoms with Crippen LogP contribution in [0.2, 0.25) is 0 Å². The van der Waals surface area contributed by atoms with Gasteiger partial charge in [0.15, 0.2) is 5.82 Å². The number of aromatic nitrogens is 3. The summed E-state index contributed by atoms with van der Waals surface area (Å²) in [6.07, 6.45) is -2.38. The minimum atomic E-state index is -4.61. The van der Waals surface area contributed by atoms with Gasteiger partial charge < -0.3 is 0 Å². The maximum Gasteiger partial charge on any atom is 0.417 e. The number of hydrogen-bond donors (Lipinski definition) is 0. The van der Waals surface area contributed by atoms with E-state index in [1.54, 1.807) is 10.9 Å². The van der Waals surface area contributed by atoms with Gasteiger partial charge in [-0.3, -0.25) is 9.67 Å². The normalized spacial score (nSPS) is 12.2. The molecule has 0 aliphatic rings. The molecule has 0 atom stereocenters. The van der Waals surface area contributed by atoms with Gasteiger partial charge in [-0.05, 0) is 26.0 Å². The van der Waals surface area contributed by atoms with E-state index in [1.165, 1.54) is 6.07 Å². The van der Waals surface area contributed by atoms with Gasteiger partial charge in [0.2, 0.25) is 0 Å². The molecular formula is C12H11F4N3. The van der Waals surface area contributed by atoms with Crippen molar-refractivity contribution in [2.75, 3.05) is 0 Å². The van der Waals surface area contributed by atoms with Gasteiger partial charge in [-0.1, -0.05) is 0 Å². The Morgan fingerprint density at radius 3 is 2.42 bits per heavy atom. The second-order valence-corrected chi connectivity index (χ2v) is 4.33. The summed E-state index contributed by atoms with van der Waals surface area (Å²) >= 11 is 0. The highest BCUT2D eigenvalue weighted by Crippen LogP contribution is 2.31.